The van der Waals surface area contributed by atoms with Crippen LogP contribution in [0.1, 0.15) is 41.6 Å². The number of benzene rings is 2. The summed E-state index contributed by atoms with van der Waals surface area (Å²) >= 11 is 0. The summed E-state index contributed by atoms with van der Waals surface area (Å²) in [4.78, 5) is 28.0. The van der Waals surface area contributed by atoms with Crippen molar-refractivity contribution in [1.29, 1.82) is 0 Å². The third-order valence-corrected chi connectivity index (χ3v) is 7.18. The molecule has 0 saturated carbocycles. The summed E-state index contributed by atoms with van der Waals surface area (Å²) in [5.74, 6) is -0.186. The molecule has 176 valence electrons. The summed E-state index contributed by atoms with van der Waals surface area (Å²) in [7, 11) is -3.55. The molecule has 1 atom stereocenters. The summed E-state index contributed by atoms with van der Waals surface area (Å²) in [6.45, 7) is 3.41. The minimum Gasteiger partial charge on any atom is -0.478 e. The van der Waals surface area contributed by atoms with E-state index in [1.54, 1.807) is 36.4 Å². The average molecular weight is 472 g/mol. The number of likely N-dealkylation sites (tertiary alicyclic amines) is 1. The second kappa shape index (κ2) is 9.43. The van der Waals surface area contributed by atoms with E-state index in [9.17, 15) is 18.0 Å². The fraction of sp³-hybridized carbons (Fsp3) is 0.417. The Kier molecular flexibility index (Phi) is 6.60. The number of nitrogens with zero attached hydrogens (tertiary/aromatic N) is 2. The van der Waals surface area contributed by atoms with Gasteiger partial charge >= 0.3 is 0 Å². The quantitative estimate of drug-likeness (QED) is 0.739. The first-order chi connectivity index (χ1) is 15.7. The van der Waals surface area contributed by atoms with Crippen LogP contribution in [0.25, 0.3) is 0 Å². The summed E-state index contributed by atoms with van der Waals surface area (Å²) < 4.78 is 32.0. The molecule has 0 bridgehead atoms. The third kappa shape index (κ3) is 5.13. The first-order valence-corrected chi connectivity index (χ1v) is 13.0. The maximum Gasteiger partial charge on any atom is 0.265 e. The Morgan fingerprint density at radius 2 is 1.76 bits per heavy atom. The molecule has 2 amide bonds. The lowest BCUT2D eigenvalue weighted by molar-refractivity contribution is -0.122. The first-order valence-electron chi connectivity index (χ1n) is 11.2. The van der Waals surface area contributed by atoms with E-state index in [0.717, 1.165) is 31.1 Å². The van der Waals surface area contributed by atoms with Crippen LogP contribution in [0.4, 0.5) is 11.4 Å². The van der Waals surface area contributed by atoms with E-state index in [1.807, 2.05) is 17.9 Å². The van der Waals surface area contributed by atoms with E-state index in [1.165, 1.54) is 4.31 Å². The first kappa shape index (κ1) is 23.1. The summed E-state index contributed by atoms with van der Waals surface area (Å²) in [5, 5.41) is 2.84. The van der Waals surface area contributed by atoms with Crippen molar-refractivity contribution in [3.8, 4) is 5.75 Å². The molecule has 2 aliphatic rings. The molecule has 0 aromatic heterocycles. The number of rotatable bonds is 4. The SMILES string of the molecule is Cc1ccc2c(c1)N(S(C)(=O)=O)CC[C@H](C(=O)Nc1ccccc1C(=O)N1CCCCC1)O2. The predicted molar refractivity (Wildman–Crippen MR) is 127 cm³/mol. The maximum absolute atomic E-state index is 13.2. The van der Waals surface area contributed by atoms with Gasteiger partial charge in [0.15, 0.2) is 6.10 Å². The Morgan fingerprint density at radius 3 is 2.48 bits per heavy atom. The Labute approximate surface area is 194 Å². The molecule has 2 aromatic rings. The number of hydrogen-bond acceptors (Lipinski definition) is 5. The Hall–Kier alpha value is -3.07. The number of nitrogens with one attached hydrogen (secondary N) is 1. The van der Waals surface area contributed by atoms with Crippen LogP contribution < -0.4 is 14.4 Å². The lowest BCUT2D eigenvalue weighted by Crippen LogP contribution is -2.38. The van der Waals surface area contributed by atoms with Gasteiger partial charge in [0, 0.05) is 26.1 Å². The zero-order valence-corrected chi connectivity index (χ0v) is 19.7. The molecule has 1 fully saturated rings. The van der Waals surface area contributed by atoms with Gasteiger partial charge in [0.1, 0.15) is 5.75 Å². The molecule has 0 radical (unpaired) electrons. The van der Waals surface area contributed by atoms with Gasteiger partial charge in [-0.15, -0.1) is 0 Å². The number of para-hydroxylation sites is 1. The minimum absolute atomic E-state index is 0.101. The highest BCUT2D eigenvalue weighted by molar-refractivity contribution is 7.92. The molecule has 9 heteroatoms. The number of fused-ring (bicyclic) bond motifs is 1. The van der Waals surface area contributed by atoms with Gasteiger partial charge in [-0.1, -0.05) is 18.2 Å². The van der Waals surface area contributed by atoms with Crippen molar-refractivity contribution in [3.05, 3.63) is 53.6 Å². The number of anilines is 2. The van der Waals surface area contributed by atoms with Crippen LogP contribution in [0.15, 0.2) is 42.5 Å². The second-order valence-corrected chi connectivity index (χ2v) is 10.5. The normalized spacial score (nSPS) is 18.7. The zero-order chi connectivity index (χ0) is 23.6. The third-order valence-electron chi connectivity index (χ3n) is 6.00. The summed E-state index contributed by atoms with van der Waals surface area (Å²) in [6.07, 6.45) is 3.48. The van der Waals surface area contributed by atoms with E-state index in [2.05, 4.69) is 5.32 Å². The molecule has 33 heavy (non-hydrogen) atoms. The second-order valence-electron chi connectivity index (χ2n) is 8.59. The van der Waals surface area contributed by atoms with Gasteiger partial charge in [-0.3, -0.25) is 13.9 Å². The number of carbonyl (C=O) groups is 2. The van der Waals surface area contributed by atoms with Gasteiger partial charge in [0.2, 0.25) is 10.0 Å². The van der Waals surface area contributed by atoms with Gasteiger partial charge in [-0.2, -0.15) is 0 Å². The van der Waals surface area contributed by atoms with Crippen molar-refractivity contribution in [1.82, 2.24) is 4.90 Å². The van der Waals surface area contributed by atoms with Crippen LogP contribution in [0.2, 0.25) is 0 Å². The zero-order valence-electron chi connectivity index (χ0n) is 18.9. The monoisotopic (exact) mass is 471 g/mol. The van der Waals surface area contributed by atoms with Crippen molar-refractivity contribution in [2.45, 2.75) is 38.7 Å². The number of hydrogen-bond donors (Lipinski definition) is 1. The van der Waals surface area contributed by atoms with E-state index in [0.29, 0.717) is 35.8 Å². The maximum atomic E-state index is 13.2. The Balaban J connectivity index is 1.56. The highest BCUT2D eigenvalue weighted by Crippen LogP contribution is 2.35. The van der Waals surface area contributed by atoms with Crippen LogP contribution in [0.3, 0.4) is 0 Å². The topological polar surface area (TPSA) is 96.0 Å². The number of amides is 2. The highest BCUT2D eigenvalue weighted by atomic mass is 32.2. The average Bonchev–Trinajstić information content (AvgIpc) is 2.99. The van der Waals surface area contributed by atoms with E-state index in [-0.39, 0.29) is 18.9 Å². The number of piperidine rings is 1. The lowest BCUT2D eigenvalue weighted by atomic mass is 10.1. The number of carbonyl (C=O) groups excluding carboxylic acids is 2. The van der Waals surface area contributed by atoms with Gasteiger partial charge in [-0.05, 0) is 56.0 Å². The molecule has 2 heterocycles. The molecule has 8 nitrogen and oxygen atoms in total. The van der Waals surface area contributed by atoms with Gasteiger partial charge in [0.05, 0.1) is 23.2 Å². The van der Waals surface area contributed by atoms with Crippen molar-refractivity contribution >= 4 is 33.2 Å². The molecule has 2 aromatic carbocycles. The van der Waals surface area contributed by atoms with Gasteiger partial charge in [0.25, 0.3) is 11.8 Å². The number of ether oxygens (including phenoxy) is 1. The lowest BCUT2D eigenvalue weighted by Gasteiger charge is -2.27. The van der Waals surface area contributed by atoms with E-state index >= 15 is 0 Å². The molecular weight excluding hydrogens is 442 g/mol. The highest BCUT2D eigenvalue weighted by Gasteiger charge is 2.32. The molecule has 4 rings (SSSR count). The largest absolute Gasteiger partial charge is 0.478 e. The van der Waals surface area contributed by atoms with Crippen LogP contribution in [-0.2, 0) is 14.8 Å². The Bertz CT molecular complexity index is 1160. The molecule has 1 N–H and O–H groups in total. The molecule has 0 unspecified atom stereocenters. The molecule has 1 saturated heterocycles. The smallest absolute Gasteiger partial charge is 0.265 e. The van der Waals surface area contributed by atoms with E-state index < -0.39 is 22.0 Å². The van der Waals surface area contributed by atoms with Crippen molar-refractivity contribution in [2.24, 2.45) is 0 Å². The molecule has 0 spiro atoms. The van der Waals surface area contributed by atoms with Crippen LogP contribution in [0.5, 0.6) is 5.75 Å². The summed E-state index contributed by atoms with van der Waals surface area (Å²) in [5.41, 5.74) is 2.18. The fourth-order valence-corrected chi connectivity index (χ4v) is 5.21. The summed E-state index contributed by atoms with van der Waals surface area (Å²) in [6, 6.07) is 12.2. The fourth-order valence-electron chi connectivity index (χ4n) is 4.28. The van der Waals surface area contributed by atoms with Crippen LogP contribution in [0, 0.1) is 6.92 Å². The van der Waals surface area contributed by atoms with Gasteiger partial charge in [-0.25, -0.2) is 8.42 Å². The molecular formula is C24H29N3O5S. The number of sulfonamides is 1. The van der Waals surface area contributed by atoms with Crippen molar-refractivity contribution in [2.75, 3.05) is 35.5 Å². The standard InChI is InChI=1S/C24H29N3O5S/c1-17-10-11-21-20(16-17)27(33(2,30)31)15-12-22(32-21)23(28)25-19-9-5-4-8-18(19)24(29)26-13-6-3-7-14-26/h4-5,8-11,16,22H,3,6-7,12-15H2,1-2H3,(H,25,28)/t22-/m1/s1. The predicted octanol–water partition coefficient (Wildman–Crippen LogP) is 3.18. The molecule has 0 aliphatic carbocycles. The van der Waals surface area contributed by atoms with Crippen molar-refractivity contribution in [3.63, 3.8) is 0 Å². The van der Waals surface area contributed by atoms with Crippen LogP contribution in [-0.4, -0.2) is 57.1 Å². The van der Waals surface area contributed by atoms with Crippen LogP contribution >= 0.6 is 0 Å². The van der Waals surface area contributed by atoms with E-state index in [4.69, 9.17) is 4.74 Å². The Morgan fingerprint density at radius 1 is 1.03 bits per heavy atom. The van der Waals surface area contributed by atoms with Crippen molar-refractivity contribution < 1.29 is 22.7 Å². The minimum atomic E-state index is -3.55. The van der Waals surface area contributed by atoms with Gasteiger partial charge < -0.3 is 15.0 Å². The number of aryl methyl sites for hydroxylation is 1. The molecule has 2 aliphatic heterocycles.